The van der Waals surface area contributed by atoms with E-state index >= 15 is 0 Å². The number of hydrogen-bond acceptors (Lipinski definition) is 4. The Hall–Kier alpha value is -1.23. The number of ketones is 1. The van der Waals surface area contributed by atoms with E-state index in [9.17, 15) is 4.79 Å². The van der Waals surface area contributed by atoms with Crippen molar-refractivity contribution in [3.63, 3.8) is 0 Å². The van der Waals surface area contributed by atoms with Crippen LogP contribution in [0.4, 0.5) is 0 Å². The van der Waals surface area contributed by atoms with Crippen molar-refractivity contribution in [1.29, 1.82) is 0 Å². The fraction of sp³-hybridized carbons (Fsp3) is 0.154. The van der Waals surface area contributed by atoms with Crippen LogP contribution in [0.15, 0.2) is 24.3 Å². The summed E-state index contributed by atoms with van der Waals surface area (Å²) in [5.41, 5.74) is 0.393. The van der Waals surface area contributed by atoms with Gasteiger partial charge in [0.1, 0.15) is 13.2 Å². The molecule has 0 aliphatic carbocycles. The molecule has 1 aliphatic rings. The number of carbonyl (C=O) groups excluding carboxylic acids is 1. The zero-order valence-electron chi connectivity index (χ0n) is 9.61. The first-order chi connectivity index (χ1) is 9.15. The lowest BCUT2D eigenvalue weighted by molar-refractivity contribution is 0.104. The standard InChI is InChI=1S/C13H8Cl2O3S/c14-8-6-10-9(17-3-4-18-10)5-7(8)13(16)11-1-2-12(15)19-11/h1-2,5-6H,3-4H2. The number of carbonyl (C=O) groups is 1. The van der Waals surface area contributed by atoms with Gasteiger partial charge in [-0.1, -0.05) is 23.2 Å². The third-order valence-electron chi connectivity index (χ3n) is 2.67. The Morgan fingerprint density at radius 1 is 1.11 bits per heavy atom. The first kappa shape index (κ1) is 12.8. The molecule has 0 fully saturated rings. The van der Waals surface area contributed by atoms with Crippen LogP contribution in [0, 0.1) is 0 Å². The van der Waals surface area contributed by atoms with Crippen molar-refractivity contribution in [2.24, 2.45) is 0 Å². The van der Waals surface area contributed by atoms with Gasteiger partial charge in [-0.25, -0.2) is 0 Å². The van der Waals surface area contributed by atoms with Crippen LogP contribution >= 0.6 is 34.5 Å². The molecule has 0 radical (unpaired) electrons. The highest BCUT2D eigenvalue weighted by molar-refractivity contribution is 7.18. The molecule has 0 amide bonds. The van der Waals surface area contributed by atoms with Gasteiger partial charge >= 0.3 is 0 Å². The molecular weight excluding hydrogens is 307 g/mol. The van der Waals surface area contributed by atoms with Gasteiger partial charge in [-0.3, -0.25) is 4.79 Å². The molecule has 19 heavy (non-hydrogen) atoms. The van der Waals surface area contributed by atoms with Gasteiger partial charge in [-0.2, -0.15) is 0 Å². The third-order valence-corrected chi connectivity index (χ3v) is 4.22. The van der Waals surface area contributed by atoms with E-state index in [-0.39, 0.29) is 5.78 Å². The lowest BCUT2D eigenvalue weighted by Crippen LogP contribution is -2.16. The minimum atomic E-state index is -0.168. The second-order valence-corrected chi connectivity index (χ2v) is 6.03. The van der Waals surface area contributed by atoms with E-state index in [1.54, 1.807) is 24.3 Å². The van der Waals surface area contributed by atoms with Crippen molar-refractivity contribution in [1.82, 2.24) is 0 Å². The van der Waals surface area contributed by atoms with Gasteiger partial charge in [0.2, 0.25) is 5.78 Å². The van der Waals surface area contributed by atoms with E-state index < -0.39 is 0 Å². The molecule has 3 rings (SSSR count). The zero-order valence-corrected chi connectivity index (χ0v) is 11.9. The fourth-order valence-electron chi connectivity index (χ4n) is 1.81. The SMILES string of the molecule is O=C(c1ccc(Cl)s1)c1cc2c(cc1Cl)OCCO2. The Labute approximate surface area is 123 Å². The van der Waals surface area contributed by atoms with Gasteiger partial charge in [0.05, 0.1) is 14.2 Å². The highest BCUT2D eigenvalue weighted by Crippen LogP contribution is 2.37. The van der Waals surface area contributed by atoms with Crippen molar-refractivity contribution >= 4 is 40.3 Å². The number of benzene rings is 1. The van der Waals surface area contributed by atoms with Crippen molar-refractivity contribution in [2.75, 3.05) is 13.2 Å². The summed E-state index contributed by atoms with van der Waals surface area (Å²) in [5, 5.41) is 0.346. The molecule has 0 N–H and O–H groups in total. The summed E-state index contributed by atoms with van der Waals surface area (Å²) in [7, 11) is 0. The molecule has 0 spiro atoms. The topological polar surface area (TPSA) is 35.5 Å². The van der Waals surface area contributed by atoms with E-state index in [4.69, 9.17) is 32.7 Å². The largest absolute Gasteiger partial charge is 0.486 e. The number of hydrogen-bond donors (Lipinski definition) is 0. The normalized spacial score (nSPS) is 13.4. The molecule has 0 atom stereocenters. The zero-order chi connectivity index (χ0) is 13.4. The summed E-state index contributed by atoms with van der Waals surface area (Å²) in [6.07, 6.45) is 0. The average molecular weight is 315 g/mol. The molecule has 98 valence electrons. The van der Waals surface area contributed by atoms with Crippen LogP contribution in [-0.4, -0.2) is 19.0 Å². The molecule has 6 heteroatoms. The maximum Gasteiger partial charge on any atom is 0.204 e. The van der Waals surface area contributed by atoms with Crippen LogP contribution in [0.2, 0.25) is 9.36 Å². The molecule has 0 saturated carbocycles. The summed E-state index contributed by atoms with van der Waals surface area (Å²) in [4.78, 5) is 12.9. The first-order valence-corrected chi connectivity index (χ1v) is 7.11. The summed E-state index contributed by atoms with van der Waals surface area (Å²) in [6, 6.07) is 6.60. The number of fused-ring (bicyclic) bond motifs is 1. The summed E-state index contributed by atoms with van der Waals surface area (Å²) in [5.74, 6) is 0.942. The van der Waals surface area contributed by atoms with Crippen molar-refractivity contribution in [3.05, 3.63) is 44.1 Å². The molecule has 0 saturated heterocycles. The van der Waals surface area contributed by atoms with Crippen molar-refractivity contribution < 1.29 is 14.3 Å². The number of rotatable bonds is 2. The van der Waals surface area contributed by atoms with E-state index in [0.29, 0.717) is 44.5 Å². The molecule has 0 unspecified atom stereocenters. The maximum absolute atomic E-state index is 12.3. The van der Waals surface area contributed by atoms with Crippen LogP contribution in [0.1, 0.15) is 15.2 Å². The van der Waals surface area contributed by atoms with E-state index in [1.165, 1.54) is 11.3 Å². The average Bonchev–Trinajstić information content (AvgIpc) is 2.84. The third kappa shape index (κ3) is 2.43. The first-order valence-electron chi connectivity index (χ1n) is 5.54. The minimum Gasteiger partial charge on any atom is -0.486 e. The van der Waals surface area contributed by atoms with E-state index in [1.807, 2.05) is 0 Å². The second-order valence-electron chi connectivity index (χ2n) is 3.91. The van der Waals surface area contributed by atoms with Gasteiger partial charge in [-0.05, 0) is 18.2 Å². The number of thiophene rings is 1. The molecule has 3 nitrogen and oxygen atoms in total. The summed E-state index contributed by atoms with van der Waals surface area (Å²) in [6.45, 7) is 0.949. The Balaban J connectivity index is 2.03. The fourth-order valence-corrected chi connectivity index (χ4v) is 3.04. The molecule has 2 aromatic rings. The summed E-state index contributed by atoms with van der Waals surface area (Å²) < 4.78 is 11.4. The Morgan fingerprint density at radius 3 is 2.42 bits per heavy atom. The smallest absolute Gasteiger partial charge is 0.204 e. The van der Waals surface area contributed by atoms with Crippen molar-refractivity contribution in [2.45, 2.75) is 0 Å². The van der Waals surface area contributed by atoms with Gasteiger partial charge in [0, 0.05) is 11.6 Å². The predicted octanol–water partition coefficient (Wildman–Crippen LogP) is 4.06. The maximum atomic E-state index is 12.3. The van der Waals surface area contributed by atoms with Gasteiger partial charge in [0.25, 0.3) is 0 Å². The van der Waals surface area contributed by atoms with Crippen LogP contribution in [0.25, 0.3) is 0 Å². The van der Waals surface area contributed by atoms with Crippen LogP contribution in [0.3, 0.4) is 0 Å². The van der Waals surface area contributed by atoms with Crippen LogP contribution < -0.4 is 9.47 Å². The quantitative estimate of drug-likeness (QED) is 0.784. The Bertz CT molecular complexity index is 651. The van der Waals surface area contributed by atoms with Gasteiger partial charge in [-0.15, -0.1) is 11.3 Å². The molecular formula is C13H8Cl2O3S. The highest BCUT2D eigenvalue weighted by atomic mass is 35.5. The van der Waals surface area contributed by atoms with Gasteiger partial charge < -0.3 is 9.47 Å². The van der Waals surface area contributed by atoms with E-state index in [2.05, 4.69) is 0 Å². The highest BCUT2D eigenvalue weighted by Gasteiger charge is 2.20. The van der Waals surface area contributed by atoms with Crippen LogP contribution in [0.5, 0.6) is 11.5 Å². The molecule has 0 bridgehead atoms. The number of ether oxygens (including phenoxy) is 2. The van der Waals surface area contributed by atoms with Gasteiger partial charge in [0.15, 0.2) is 11.5 Å². The molecule has 2 heterocycles. The molecule has 1 aromatic carbocycles. The van der Waals surface area contributed by atoms with Crippen molar-refractivity contribution in [3.8, 4) is 11.5 Å². The Kier molecular flexibility index (Phi) is 3.39. The summed E-state index contributed by atoms with van der Waals surface area (Å²) >= 11 is 13.2. The lowest BCUT2D eigenvalue weighted by Gasteiger charge is -2.19. The monoisotopic (exact) mass is 314 g/mol. The molecule has 1 aliphatic heterocycles. The lowest BCUT2D eigenvalue weighted by atomic mass is 10.1. The Morgan fingerprint density at radius 2 is 1.79 bits per heavy atom. The van der Waals surface area contributed by atoms with E-state index in [0.717, 1.165) is 0 Å². The predicted molar refractivity (Wildman–Crippen MR) is 75.2 cm³/mol. The number of halogens is 2. The molecule has 1 aromatic heterocycles. The minimum absolute atomic E-state index is 0.168. The van der Waals surface area contributed by atoms with Crippen LogP contribution in [-0.2, 0) is 0 Å². The second kappa shape index (κ2) is 5.04.